The van der Waals surface area contributed by atoms with Crippen LogP contribution in [0.3, 0.4) is 0 Å². The van der Waals surface area contributed by atoms with Crippen molar-refractivity contribution in [2.24, 2.45) is 0 Å². The Morgan fingerprint density at radius 2 is 1.75 bits per heavy atom. The smallest absolute Gasteiger partial charge is 0.233 e. The van der Waals surface area contributed by atoms with Crippen molar-refractivity contribution < 1.29 is 0 Å². The molecule has 1 aliphatic rings. The number of rotatable bonds is 3. The molecule has 4 nitrogen and oxygen atoms in total. The number of benzene rings is 2. The molecule has 28 heavy (non-hydrogen) atoms. The van der Waals surface area contributed by atoms with E-state index < -0.39 is 0 Å². The van der Waals surface area contributed by atoms with Crippen molar-refractivity contribution in [1.82, 2.24) is 19.4 Å². The lowest BCUT2D eigenvalue weighted by Gasteiger charge is -2.16. The topological polar surface area (TPSA) is 43.1 Å². The van der Waals surface area contributed by atoms with Gasteiger partial charge >= 0.3 is 0 Å². The molecule has 133 valence electrons. The maximum absolute atomic E-state index is 4.59. The minimum atomic E-state index is 0.00815. The fraction of sp³-hybridized carbons (Fsp3) is 0.125. The average molecular weight is 361 g/mol. The zero-order valence-electron chi connectivity index (χ0n) is 15.2. The fourth-order valence-electron chi connectivity index (χ4n) is 4.15. The van der Waals surface area contributed by atoms with Gasteiger partial charge in [-0.15, -0.1) is 0 Å². The van der Waals surface area contributed by atoms with Gasteiger partial charge in [0.2, 0.25) is 5.78 Å². The molecule has 0 spiro atoms. The molecule has 0 atom stereocenters. The molecule has 2 aromatic carbocycles. The average Bonchev–Trinajstić information content (AvgIpc) is 3.46. The lowest BCUT2D eigenvalue weighted by Crippen LogP contribution is -2.12. The Hall–Kier alpha value is -3.53. The lowest BCUT2D eigenvalue weighted by molar-refractivity contribution is 0.788. The van der Waals surface area contributed by atoms with E-state index in [1.54, 1.807) is 0 Å². The van der Waals surface area contributed by atoms with E-state index in [1.165, 1.54) is 16.6 Å². The van der Waals surface area contributed by atoms with E-state index in [-0.39, 0.29) is 5.41 Å². The van der Waals surface area contributed by atoms with Gasteiger partial charge in [-0.25, -0.2) is 9.97 Å². The van der Waals surface area contributed by atoms with E-state index in [2.05, 4.69) is 68.0 Å². The molecule has 6 rings (SSSR count). The second-order valence-corrected chi connectivity index (χ2v) is 7.44. The van der Waals surface area contributed by atoms with Gasteiger partial charge in [0.15, 0.2) is 0 Å². The normalized spacial score (nSPS) is 15.1. The van der Waals surface area contributed by atoms with Crippen LogP contribution >= 0.6 is 0 Å². The van der Waals surface area contributed by atoms with Crippen LogP contribution in [0.4, 0.5) is 0 Å². The number of imidazole rings is 1. The zero-order valence-corrected chi connectivity index (χ0v) is 15.2. The summed E-state index contributed by atoms with van der Waals surface area (Å²) in [5.41, 5.74) is 5.80. The largest absolute Gasteiger partial charge is 0.287 e. The summed E-state index contributed by atoms with van der Waals surface area (Å²) in [7, 11) is 0. The van der Waals surface area contributed by atoms with Crippen LogP contribution < -0.4 is 0 Å². The minimum Gasteiger partial charge on any atom is -0.287 e. The van der Waals surface area contributed by atoms with E-state index >= 15 is 0 Å². The second kappa shape index (κ2) is 5.73. The minimum absolute atomic E-state index is 0.00815. The van der Waals surface area contributed by atoms with Crippen molar-refractivity contribution in [1.29, 1.82) is 0 Å². The highest BCUT2D eigenvalue weighted by Crippen LogP contribution is 2.53. The van der Waals surface area contributed by atoms with Crippen molar-refractivity contribution >= 4 is 16.7 Å². The number of pyridine rings is 1. The van der Waals surface area contributed by atoms with E-state index in [0.29, 0.717) is 0 Å². The first-order valence-electron chi connectivity index (χ1n) is 9.49. The van der Waals surface area contributed by atoms with Crippen molar-refractivity contribution in [3.05, 3.63) is 96.7 Å². The van der Waals surface area contributed by atoms with Crippen LogP contribution in [0, 0.1) is 6.07 Å². The number of nitrogens with zero attached hydrogens (tertiary/aromatic N) is 4. The van der Waals surface area contributed by atoms with Gasteiger partial charge in [-0.3, -0.25) is 9.38 Å². The molecule has 0 bridgehead atoms. The van der Waals surface area contributed by atoms with Crippen LogP contribution in [0.2, 0.25) is 0 Å². The van der Waals surface area contributed by atoms with Gasteiger partial charge in [-0.1, -0.05) is 36.4 Å². The summed E-state index contributed by atoms with van der Waals surface area (Å²) in [5.74, 6) is 0.745. The first-order valence-corrected chi connectivity index (χ1v) is 9.49. The molecule has 3 heterocycles. The molecule has 1 fully saturated rings. The highest BCUT2D eigenvalue weighted by Gasteiger charge is 2.48. The summed E-state index contributed by atoms with van der Waals surface area (Å²) in [5, 5.41) is 1.18. The summed E-state index contributed by atoms with van der Waals surface area (Å²) in [6, 6.07) is 21.8. The van der Waals surface area contributed by atoms with Gasteiger partial charge in [-0.05, 0) is 48.2 Å². The van der Waals surface area contributed by atoms with Crippen molar-refractivity contribution in [2.75, 3.05) is 0 Å². The van der Waals surface area contributed by atoms with Gasteiger partial charge in [-0.2, -0.15) is 0 Å². The van der Waals surface area contributed by atoms with E-state index in [4.69, 9.17) is 0 Å². The molecule has 3 aromatic heterocycles. The Morgan fingerprint density at radius 1 is 0.893 bits per heavy atom. The Balaban J connectivity index is 1.51. The Labute approximate surface area is 162 Å². The quantitative estimate of drug-likeness (QED) is 0.462. The molecule has 0 saturated heterocycles. The molecule has 1 saturated carbocycles. The van der Waals surface area contributed by atoms with E-state index in [9.17, 15) is 0 Å². The van der Waals surface area contributed by atoms with Crippen molar-refractivity contribution in [3.63, 3.8) is 0 Å². The van der Waals surface area contributed by atoms with E-state index in [1.807, 2.05) is 36.8 Å². The summed E-state index contributed by atoms with van der Waals surface area (Å²) in [6.07, 6.45) is 10.1. The molecule has 1 aliphatic carbocycles. The molecule has 0 unspecified atom stereocenters. The van der Waals surface area contributed by atoms with Crippen LogP contribution in [0.25, 0.3) is 27.8 Å². The van der Waals surface area contributed by atoms with Gasteiger partial charge in [0.1, 0.15) is 0 Å². The van der Waals surface area contributed by atoms with Gasteiger partial charge in [0.05, 0.1) is 17.4 Å². The SMILES string of the molecule is [c]1ccc(-c2cnc3ncc(C4(c5ccc6ncccc6c5)CC4)n3c2)cc1. The summed E-state index contributed by atoms with van der Waals surface area (Å²) < 4.78 is 2.16. The molecule has 0 N–H and O–H groups in total. The number of hydrogen-bond acceptors (Lipinski definition) is 3. The van der Waals surface area contributed by atoms with Crippen LogP contribution in [0.5, 0.6) is 0 Å². The number of aromatic nitrogens is 4. The molecule has 1 radical (unpaired) electrons. The second-order valence-electron chi connectivity index (χ2n) is 7.44. The van der Waals surface area contributed by atoms with Crippen molar-refractivity contribution in [2.45, 2.75) is 18.3 Å². The first-order chi connectivity index (χ1) is 13.8. The summed E-state index contributed by atoms with van der Waals surface area (Å²) >= 11 is 0. The van der Waals surface area contributed by atoms with Gasteiger partial charge in [0.25, 0.3) is 0 Å². The van der Waals surface area contributed by atoms with Gasteiger partial charge < -0.3 is 0 Å². The molecule has 4 heteroatoms. The van der Waals surface area contributed by atoms with Gasteiger partial charge in [0, 0.05) is 35.0 Å². The summed E-state index contributed by atoms with van der Waals surface area (Å²) in [4.78, 5) is 13.6. The third-order valence-electron chi connectivity index (χ3n) is 5.81. The zero-order chi connectivity index (χ0) is 18.6. The summed E-state index contributed by atoms with van der Waals surface area (Å²) in [6.45, 7) is 0. The number of hydrogen-bond donors (Lipinski definition) is 0. The van der Waals surface area contributed by atoms with Crippen LogP contribution in [-0.2, 0) is 5.41 Å². The number of fused-ring (bicyclic) bond motifs is 2. The first kappa shape index (κ1) is 15.5. The Bertz CT molecular complexity index is 1320. The van der Waals surface area contributed by atoms with E-state index in [0.717, 1.165) is 35.3 Å². The van der Waals surface area contributed by atoms with Crippen LogP contribution in [0.15, 0.2) is 79.4 Å². The monoisotopic (exact) mass is 361 g/mol. The highest BCUT2D eigenvalue weighted by atomic mass is 15.1. The highest BCUT2D eigenvalue weighted by molar-refractivity contribution is 5.79. The van der Waals surface area contributed by atoms with Crippen molar-refractivity contribution in [3.8, 4) is 11.1 Å². The third kappa shape index (κ3) is 2.28. The fourth-order valence-corrected chi connectivity index (χ4v) is 4.15. The maximum Gasteiger partial charge on any atom is 0.233 e. The Kier molecular flexibility index (Phi) is 3.18. The lowest BCUT2D eigenvalue weighted by atomic mass is 9.91. The molecule has 0 aliphatic heterocycles. The molecular weight excluding hydrogens is 344 g/mol. The standard InChI is InChI=1S/C24H17N4/c1-2-5-17(6-3-1)19-14-26-23-27-15-22(28(23)16-19)24(10-11-24)20-8-9-21-18(13-20)7-4-12-25-21/h2-9,12-16H,10-11H2. The predicted octanol–water partition coefficient (Wildman–Crippen LogP) is 4.82. The van der Waals surface area contributed by atoms with Crippen LogP contribution in [0.1, 0.15) is 24.1 Å². The third-order valence-corrected chi connectivity index (χ3v) is 5.81. The molecular formula is C24H17N4. The molecule has 5 aromatic rings. The molecule has 0 amide bonds. The predicted molar refractivity (Wildman–Crippen MR) is 109 cm³/mol. The Morgan fingerprint density at radius 3 is 2.61 bits per heavy atom. The van der Waals surface area contributed by atoms with Crippen LogP contribution in [-0.4, -0.2) is 19.4 Å². The maximum atomic E-state index is 4.59.